The van der Waals surface area contributed by atoms with Crippen molar-refractivity contribution >= 4 is 11.8 Å². The number of Topliss-reactive ketones (excluding diaryl/α,β-unsaturated/α-hetero) is 1. The minimum absolute atomic E-state index is 0.249. The zero-order valence-electron chi connectivity index (χ0n) is 15.2. The summed E-state index contributed by atoms with van der Waals surface area (Å²) < 4.78 is 11.6. The molecule has 3 aliphatic rings. The minimum Gasteiger partial charge on any atom is -0.463 e. The van der Waals surface area contributed by atoms with Crippen molar-refractivity contribution in [3.63, 3.8) is 0 Å². The number of nitrogens with zero attached hydrogens (tertiary/aromatic N) is 1. The van der Waals surface area contributed by atoms with E-state index < -0.39 is 11.3 Å². The topological polar surface area (TPSA) is 80.2 Å². The van der Waals surface area contributed by atoms with Gasteiger partial charge in [0.25, 0.3) is 11.8 Å². The molecule has 0 saturated carbocycles. The molecule has 0 saturated heterocycles. The molecule has 0 aromatic heterocycles. The first kappa shape index (κ1) is 16.3. The molecule has 2 aliphatic heterocycles. The van der Waals surface area contributed by atoms with Gasteiger partial charge in [0.1, 0.15) is 12.4 Å². The Morgan fingerprint density at radius 2 is 2.00 bits per heavy atom. The van der Waals surface area contributed by atoms with E-state index in [9.17, 15) is 9.90 Å². The van der Waals surface area contributed by atoms with Crippen LogP contribution in [-0.2, 0) is 16.1 Å². The summed E-state index contributed by atoms with van der Waals surface area (Å²) in [5, 5.41) is 14.8. The molecule has 5 rings (SSSR count). The number of fused-ring (bicyclic) bond motifs is 5. The Bertz CT molecular complexity index is 999. The van der Waals surface area contributed by atoms with Crippen LogP contribution in [0.4, 0.5) is 0 Å². The van der Waals surface area contributed by atoms with Crippen LogP contribution in [0, 0.1) is 0 Å². The molecule has 0 fully saturated rings. The number of hydrogen-bond donors (Lipinski definition) is 2. The van der Waals surface area contributed by atoms with Gasteiger partial charge >= 0.3 is 0 Å². The third-order valence-corrected chi connectivity index (χ3v) is 5.60. The Labute approximate surface area is 156 Å². The van der Waals surface area contributed by atoms with Gasteiger partial charge in [-0.2, -0.15) is 0 Å². The van der Waals surface area contributed by atoms with Crippen LogP contribution in [0.2, 0.25) is 0 Å². The number of aliphatic imine (C=N–C) groups is 1. The van der Waals surface area contributed by atoms with Gasteiger partial charge < -0.3 is 19.9 Å². The van der Waals surface area contributed by atoms with Crippen molar-refractivity contribution < 1.29 is 19.4 Å². The van der Waals surface area contributed by atoms with Gasteiger partial charge in [0, 0.05) is 16.7 Å². The number of rotatable bonds is 2. The second-order valence-electron chi connectivity index (χ2n) is 7.44. The monoisotopic (exact) mass is 364 g/mol. The maximum Gasteiger partial charge on any atom is 0.286 e. The fourth-order valence-electron chi connectivity index (χ4n) is 4.20. The Balaban J connectivity index is 1.75. The van der Waals surface area contributed by atoms with Crippen LogP contribution >= 0.6 is 0 Å². The first-order chi connectivity index (χ1) is 13.0. The standard InChI is InChI=1S/C21H20N2O4/c1-12(2)13-7-8-16-17(11-13)27-21(25)15-6-4-3-5-14(15)18(24)20(16,21)23-19-22-9-10-26-19/h3-8,11-12,25H,9-10H2,1-2H3,(H,22,23). The predicted molar refractivity (Wildman–Crippen MR) is 98.9 cm³/mol. The van der Waals surface area contributed by atoms with E-state index in [-0.39, 0.29) is 11.8 Å². The molecule has 6 nitrogen and oxygen atoms in total. The summed E-state index contributed by atoms with van der Waals surface area (Å²) in [5.41, 5.74) is 1.02. The quantitative estimate of drug-likeness (QED) is 0.855. The summed E-state index contributed by atoms with van der Waals surface area (Å²) >= 11 is 0. The Kier molecular flexibility index (Phi) is 3.22. The van der Waals surface area contributed by atoms with Crippen LogP contribution in [0.1, 0.15) is 46.8 Å². The molecule has 2 aromatic rings. The van der Waals surface area contributed by atoms with Crippen LogP contribution in [0.3, 0.4) is 0 Å². The van der Waals surface area contributed by atoms with E-state index >= 15 is 0 Å². The van der Waals surface area contributed by atoms with Crippen molar-refractivity contribution in [3.8, 4) is 5.75 Å². The highest BCUT2D eigenvalue weighted by molar-refractivity contribution is 6.12. The largest absolute Gasteiger partial charge is 0.463 e. The fourth-order valence-corrected chi connectivity index (χ4v) is 4.20. The molecule has 2 unspecified atom stereocenters. The highest BCUT2D eigenvalue weighted by atomic mass is 16.6. The van der Waals surface area contributed by atoms with Crippen LogP contribution in [-0.4, -0.2) is 30.1 Å². The number of ether oxygens (including phenoxy) is 2. The molecule has 0 bridgehead atoms. The first-order valence-corrected chi connectivity index (χ1v) is 9.13. The molecule has 2 N–H and O–H groups in total. The van der Waals surface area contributed by atoms with Gasteiger partial charge in [0.2, 0.25) is 11.3 Å². The van der Waals surface area contributed by atoms with Crippen molar-refractivity contribution in [3.05, 3.63) is 64.7 Å². The third-order valence-electron chi connectivity index (χ3n) is 5.60. The number of ketones is 1. The number of benzene rings is 2. The number of amidine groups is 1. The lowest BCUT2D eigenvalue weighted by Crippen LogP contribution is -2.60. The van der Waals surface area contributed by atoms with E-state index in [2.05, 4.69) is 24.2 Å². The van der Waals surface area contributed by atoms with Gasteiger partial charge in [-0.1, -0.05) is 50.2 Å². The van der Waals surface area contributed by atoms with Gasteiger partial charge in [-0.05, 0) is 17.5 Å². The highest BCUT2D eigenvalue weighted by Crippen LogP contribution is 2.58. The van der Waals surface area contributed by atoms with E-state index in [1.54, 1.807) is 24.3 Å². The van der Waals surface area contributed by atoms with Crippen LogP contribution in [0.5, 0.6) is 5.75 Å². The predicted octanol–water partition coefficient (Wildman–Crippen LogP) is 2.42. The number of nitrogens with one attached hydrogen (secondary N) is 1. The molecule has 138 valence electrons. The zero-order valence-corrected chi connectivity index (χ0v) is 15.2. The lowest BCUT2D eigenvalue weighted by atomic mass is 9.82. The molecule has 27 heavy (non-hydrogen) atoms. The summed E-state index contributed by atoms with van der Waals surface area (Å²) in [6, 6.07) is 13.0. The molecule has 2 aromatic carbocycles. The van der Waals surface area contributed by atoms with Gasteiger partial charge in [0.05, 0.1) is 6.54 Å². The zero-order chi connectivity index (χ0) is 18.8. The molecule has 1 aliphatic carbocycles. The Morgan fingerprint density at radius 1 is 1.19 bits per heavy atom. The first-order valence-electron chi connectivity index (χ1n) is 9.13. The molecule has 0 radical (unpaired) electrons. The summed E-state index contributed by atoms with van der Waals surface area (Å²) in [4.78, 5) is 17.8. The van der Waals surface area contributed by atoms with E-state index in [0.717, 1.165) is 5.56 Å². The van der Waals surface area contributed by atoms with Crippen LogP contribution in [0.25, 0.3) is 0 Å². The number of hydrogen-bond acceptors (Lipinski definition) is 6. The summed E-state index contributed by atoms with van der Waals surface area (Å²) in [6.45, 7) is 5.12. The Hall–Kier alpha value is -2.86. The van der Waals surface area contributed by atoms with Gasteiger partial charge in [-0.3, -0.25) is 4.79 Å². The van der Waals surface area contributed by atoms with Crippen molar-refractivity contribution in [1.82, 2.24) is 5.32 Å². The fraction of sp³-hybridized carbons (Fsp3) is 0.333. The Morgan fingerprint density at radius 3 is 2.74 bits per heavy atom. The molecule has 2 atom stereocenters. The highest BCUT2D eigenvalue weighted by Gasteiger charge is 2.71. The lowest BCUT2D eigenvalue weighted by molar-refractivity contribution is -0.168. The molecular formula is C21H20N2O4. The van der Waals surface area contributed by atoms with Gasteiger partial charge in [-0.25, -0.2) is 4.99 Å². The molecule has 0 spiro atoms. The smallest absolute Gasteiger partial charge is 0.286 e. The SMILES string of the molecule is CC(C)c1ccc2c(c1)OC1(O)c3ccccc3C(=O)C21NC1=NCCO1. The summed E-state index contributed by atoms with van der Waals surface area (Å²) in [6.07, 6.45) is 0. The van der Waals surface area contributed by atoms with Crippen LogP contribution < -0.4 is 10.1 Å². The summed E-state index contributed by atoms with van der Waals surface area (Å²) in [7, 11) is 0. The minimum atomic E-state index is -1.87. The van der Waals surface area contributed by atoms with Crippen molar-refractivity contribution in [1.29, 1.82) is 0 Å². The molecular weight excluding hydrogens is 344 g/mol. The maximum atomic E-state index is 13.6. The second-order valence-corrected chi connectivity index (χ2v) is 7.44. The van der Waals surface area contributed by atoms with E-state index in [0.29, 0.717) is 41.5 Å². The van der Waals surface area contributed by atoms with Crippen LogP contribution in [0.15, 0.2) is 47.5 Å². The molecule has 0 amide bonds. The second kappa shape index (κ2) is 5.33. The number of aliphatic hydroxyl groups is 1. The van der Waals surface area contributed by atoms with Gasteiger partial charge in [0.15, 0.2) is 0 Å². The normalized spacial score (nSPS) is 27.6. The van der Waals surface area contributed by atoms with Crippen molar-refractivity contribution in [2.75, 3.05) is 13.2 Å². The van der Waals surface area contributed by atoms with Gasteiger partial charge in [-0.15, -0.1) is 0 Å². The van der Waals surface area contributed by atoms with E-state index in [1.807, 2.05) is 18.2 Å². The van der Waals surface area contributed by atoms with Crippen molar-refractivity contribution in [2.45, 2.75) is 31.1 Å². The number of carbonyl (C=O) groups is 1. The van der Waals surface area contributed by atoms with E-state index in [1.165, 1.54) is 0 Å². The number of carbonyl (C=O) groups excluding carboxylic acids is 1. The third kappa shape index (κ3) is 1.93. The maximum absolute atomic E-state index is 13.6. The molecule has 6 heteroatoms. The van der Waals surface area contributed by atoms with E-state index in [4.69, 9.17) is 9.47 Å². The summed E-state index contributed by atoms with van der Waals surface area (Å²) in [5.74, 6) is -1.33. The lowest BCUT2D eigenvalue weighted by Gasteiger charge is -2.34. The average molecular weight is 364 g/mol. The average Bonchev–Trinajstić information content (AvgIpc) is 3.30. The molecule has 2 heterocycles. The van der Waals surface area contributed by atoms with Crippen molar-refractivity contribution in [2.24, 2.45) is 4.99 Å².